The van der Waals surface area contributed by atoms with E-state index in [4.69, 9.17) is 0 Å². The van der Waals surface area contributed by atoms with Crippen LogP contribution >= 0.6 is 11.3 Å². The maximum atomic E-state index is 12.6. The smallest absolute Gasteiger partial charge is 0.406 e. The zero-order valence-electron chi connectivity index (χ0n) is 17.3. The molecule has 33 heavy (non-hydrogen) atoms. The number of aromatic nitrogens is 4. The Morgan fingerprint density at radius 1 is 1.15 bits per heavy atom. The van der Waals surface area contributed by atoms with Crippen LogP contribution in [0.4, 0.5) is 13.2 Å². The summed E-state index contributed by atoms with van der Waals surface area (Å²) in [6.45, 7) is 2.48. The van der Waals surface area contributed by atoms with E-state index in [1.807, 2.05) is 6.07 Å². The van der Waals surface area contributed by atoms with Gasteiger partial charge in [-0.3, -0.25) is 14.5 Å². The lowest BCUT2D eigenvalue weighted by atomic mass is 10.2. The van der Waals surface area contributed by atoms with E-state index in [0.29, 0.717) is 34.4 Å². The maximum absolute atomic E-state index is 12.6. The van der Waals surface area contributed by atoms with Crippen LogP contribution in [0.25, 0.3) is 10.7 Å². The zero-order valence-corrected chi connectivity index (χ0v) is 18.2. The summed E-state index contributed by atoms with van der Waals surface area (Å²) >= 11 is 1.25. The average Bonchev–Trinajstić information content (AvgIpc) is 3.40. The van der Waals surface area contributed by atoms with Gasteiger partial charge in [-0.25, -0.2) is 4.98 Å². The molecule has 1 aromatic carbocycles. The number of aryl methyl sites for hydroxylation is 1. The monoisotopic (exact) mass is 473 g/mol. The van der Waals surface area contributed by atoms with E-state index >= 15 is 0 Å². The Balaban J connectivity index is 1.41. The molecule has 0 bridgehead atoms. The van der Waals surface area contributed by atoms with Gasteiger partial charge >= 0.3 is 6.36 Å². The number of benzene rings is 1. The Morgan fingerprint density at radius 3 is 2.64 bits per heavy atom. The molecule has 0 spiro atoms. The number of nitrogens with zero attached hydrogens (tertiary/aromatic N) is 4. The van der Waals surface area contributed by atoms with Gasteiger partial charge < -0.3 is 10.1 Å². The van der Waals surface area contributed by atoms with Crippen LogP contribution in [0.5, 0.6) is 5.75 Å². The first kappa shape index (κ1) is 22.5. The van der Waals surface area contributed by atoms with Crippen molar-refractivity contribution < 1.29 is 22.7 Å². The van der Waals surface area contributed by atoms with E-state index in [1.165, 1.54) is 23.5 Å². The molecule has 0 saturated heterocycles. The summed E-state index contributed by atoms with van der Waals surface area (Å²) in [5, 5.41) is 7.94. The summed E-state index contributed by atoms with van der Waals surface area (Å²) in [5.74, 6) is -0.499. The van der Waals surface area contributed by atoms with Crippen molar-refractivity contribution in [2.75, 3.05) is 0 Å². The third-order valence-electron chi connectivity index (χ3n) is 4.54. The molecule has 1 amide bonds. The molecule has 3 aromatic heterocycles. The second-order valence-corrected chi connectivity index (χ2v) is 8.07. The molecule has 4 rings (SSSR count). The minimum atomic E-state index is -4.72. The van der Waals surface area contributed by atoms with Gasteiger partial charge in [0.2, 0.25) is 0 Å². The molecule has 0 fully saturated rings. The number of rotatable bonds is 7. The van der Waals surface area contributed by atoms with Gasteiger partial charge in [0.25, 0.3) is 5.91 Å². The molecule has 0 atom stereocenters. The second kappa shape index (κ2) is 9.41. The van der Waals surface area contributed by atoms with Crippen LogP contribution in [0.15, 0.2) is 61.1 Å². The summed E-state index contributed by atoms with van der Waals surface area (Å²) in [4.78, 5) is 21.6. The van der Waals surface area contributed by atoms with E-state index in [-0.39, 0.29) is 11.7 Å². The predicted molar refractivity (Wildman–Crippen MR) is 116 cm³/mol. The van der Waals surface area contributed by atoms with Gasteiger partial charge in [0, 0.05) is 25.1 Å². The van der Waals surface area contributed by atoms with Crippen molar-refractivity contribution in [3.05, 3.63) is 82.8 Å². The fourth-order valence-corrected chi connectivity index (χ4v) is 3.98. The lowest BCUT2D eigenvalue weighted by Crippen LogP contribution is -2.22. The number of ether oxygens (including phenoxy) is 1. The first-order valence-electron chi connectivity index (χ1n) is 9.80. The number of hydrogen-bond acceptors (Lipinski definition) is 6. The molecular formula is C22H18F3N5O2S. The van der Waals surface area contributed by atoms with Crippen molar-refractivity contribution in [2.45, 2.75) is 26.4 Å². The molecule has 0 aliphatic rings. The summed E-state index contributed by atoms with van der Waals surface area (Å²) < 4.78 is 42.4. The zero-order chi connectivity index (χ0) is 23.4. The predicted octanol–water partition coefficient (Wildman–Crippen LogP) is 4.59. The quantitative estimate of drug-likeness (QED) is 0.425. The SMILES string of the molecule is Cc1nc(-c2ccn(Cc3ccc(OC(F)(F)F)cc3)n2)sc1C(=O)NCc1cccnc1. The molecule has 0 radical (unpaired) electrons. The van der Waals surface area contributed by atoms with Gasteiger partial charge in [-0.05, 0) is 42.3 Å². The number of thiazole rings is 1. The van der Waals surface area contributed by atoms with Crippen LogP contribution in [0.1, 0.15) is 26.5 Å². The number of hydrogen-bond donors (Lipinski definition) is 1. The third kappa shape index (κ3) is 5.95. The molecule has 0 unspecified atom stereocenters. The Morgan fingerprint density at radius 2 is 1.94 bits per heavy atom. The minimum absolute atomic E-state index is 0.222. The molecule has 1 N–H and O–H groups in total. The van der Waals surface area contributed by atoms with Crippen molar-refractivity contribution in [1.29, 1.82) is 0 Å². The first-order valence-corrected chi connectivity index (χ1v) is 10.6. The van der Waals surface area contributed by atoms with Crippen LogP contribution in [-0.2, 0) is 13.1 Å². The standard InChI is InChI=1S/C22H18F3N5O2S/c1-14-19(20(31)27-12-16-3-2-9-26-11-16)33-21(28-14)18-8-10-30(29-18)13-15-4-6-17(7-5-15)32-22(23,24)25/h2-11H,12-13H2,1H3,(H,27,31). The van der Waals surface area contributed by atoms with Gasteiger partial charge in [-0.15, -0.1) is 24.5 Å². The second-order valence-electron chi connectivity index (χ2n) is 7.07. The lowest BCUT2D eigenvalue weighted by molar-refractivity contribution is -0.274. The number of pyridine rings is 1. The lowest BCUT2D eigenvalue weighted by Gasteiger charge is -2.09. The van der Waals surface area contributed by atoms with Crippen molar-refractivity contribution in [1.82, 2.24) is 25.1 Å². The summed E-state index contributed by atoms with van der Waals surface area (Å²) in [6.07, 6.45) is 0.378. The van der Waals surface area contributed by atoms with E-state index in [2.05, 4.69) is 25.1 Å². The van der Waals surface area contributed by atoms with Gasteiger partial charge in [0.1, 0.15) is 21.3 Å². The van der Waals surface area contributed by atoms with E-state index in [9.17, 15) is 18.0 Å². The van der Waals surface area contributed by atoms with E-state index in [0.717, 1.165) is 11.1 Å². The van der Waals surface area contributed by atoms with Crippen LogP contribution in [0.3, 0.4) is 0 Å². The van der Waals surface area contributed by atoms with Crippen molar-refractivity contribution in [3.8, 4) is 16.5 Å². The molecule has 170 valence electrons. The Bertz CT molecular complexity index is 1240. The van der Waals surface area contributed by atoms with Crippen molar-refractivity contribution >= 4 is 17.2 Å². The maximum Gasteiger partial charge on any atom is 0.573 e. The fourth-order valence-electron chi connectivity index (χ4n) is 3.03. The normalized spacial score (nSPS) is 11.4. The van der Waals surface area contributed by atoms with E-state index < -0.39 is 6.36 Å². The molecule has 0 aliphatic heterocycles. The molecule has 7 nitrogen and oxygen atoms in total. The third-order valence-corrected chi connectivity index (χ3v) is 5.72. The average molecular weight is 473 g/mol. The number of alkyl halides is 3. The molecule has 0 aliphatic carbocycles. The molecule has 3 heterocycles. The molecule has 11 heteroatoms. The Labute approximate surface area is 190 Å². The number of carbonyl (C=O) groups excluding carboxylic acids is 1. The minimum Gasteiger partial charge on any atom is -0.406 e. The number of carbonyl (C=O) groups is 1. The highest BCUT2D eigenvalue weighted by Gasteiger charge is 2.30. The topological polar surface area (TPSA) is 81.9 Å². The molecule has 0 saturated carbocycles. The van der Waals surface area contributed by atoms with Gasteiger partial charge in [-0.2, -0.15) is 5.10 Å². The number of nitrogens with one attached hydrogen (secondary N) is 1. The molecular weight excluding hydrogens is 455 g/mol. The fraction of sp³-hybridized carbons (Fsp3) is 0.182. The summed E-state index contributed by atoms with van der Waals surface area (Å²) in [6, 6.07) is 11.1. The largest absolute Gasteiger partial charge is 0.573 e. The number of amides is 1. The van der Waals surface area contributed by atoms with Crippen LogP contribution in [0, 0.1) is 6.92 Å². The van der Waals surface area contributed by atoms with Crippen LogP contribution < -0.4 is 10.1 Å². The first-order chi connectivity index (χ1) is 15.8. The van der Waals surface area contributed by atoms with Gasteiger partial charge in [0.05, 0.1) is 12.2 Å². The van der Waals surface area contributed by atoms with Crippen LogP contribution in [0.2, 0.25) is 0 Å². The van der Waals surface area contributed by atoms with Gasteiger partial charge in [-0.1, -0.05) is 18.2 Å². The van der Waals surface area contributed by atoms with Crippen LogP contribution in [-0.4, -0.2) is 32.0 Å². The highest BCUT2D eigenvalue weighted by atomic mass is 32.1. The molecule has 4 aromatic rings. The Kier molecular flexibility index (Phi) is 6.40. The highest BCUT2D eigenvalue weighted by Crippen LogP contribution is 2.27. The summed E-state index contributed by atoms with van der Waals surface area (Å²) in [7, 11) is 0. The summed E-state index contributed by atoms with van der Waals surface area (Å²) in [5.41, 5.74) is 2.86. The number of halogens is 3. The van der Waals surface area contributed by atoms with Gasteiger partial charge in [0.15, 0.2) is 0 Å². The Hall–Kier alpha value is -3.73. The van der Waals surface area contributed by atoms with E-state index in [1.54, 1.807) is 54.5 Å². The van der Waals surface area contributed by atoms with Crippen molar-refractivity contribution in [2.24, 2.45) is 0 Å². The van der Waals surface area contributed by atoms with Crippen molar-refractivity contribution in [3.63, 3.8) is 0 Å². The highest BCUT2D eigenvalue weighted by molar-refractivity contribution is 7.17.